The Morgan fingerprint density at radius 3 is 2.78 bits per heavy atom. The third-order valence-electron chi connectivity index (χ3n) is 3.38. The lowest BCUT2D eigenvalue weighted by atomic mass is 10.0. The molecule has 1 atom stereocenters. The van der Waals surface area contributed by atoms with Gasteiger partial charge in [-0.25, -0.2) is 4.39 Å². The first-order valence-corrected chi connectivity index (χ1v) is 6.48. The normalized spacial score (nSPS) is 18.8. The molecule has 4 heteroatoms. The predicted octanol–water partition coefficient (Wildman–Crippen LogP) is 1.88. The molecule has 1 heterocycles. The van der Waals surface area contributed by atoms with E-state index in [2.05, 4.69) is 5.32 Å². The van der Waals surface area contributed by atoms with E-state index in [0.29, 0.717) is 18.0 Å². The summed E-state index contributed by atoms with van der Waals surface area (Å²) >= 11 is 0. The van der Waals surface area contributed by atoms with Crippen molar-refractivity contribution in [3.63, 3.8) is 0 Å². The van der Waals surface area contributed by atoms with E-state index in [9.17, 15) is 9.50 Å². The summed E-state index contributed by atoms with van der Waals surface area (Å²) in [5.74, 6) is 0.254. The molecular weight excluding hydrogens is 233 g/mol. The van der Waals surface area contributed by atoms with Crippen LogP contribution in [0.1, 0.15) is 24.5 Å². The molecule has 1 aromatic carbocycles. The van der Waals surface area contributed by atoms with Gasteiger partial charge in [-0.05, 0) is 31.4 Å². The maximum Gasteiger partial charge on any atom is 0.129 e. The molecule has 0 bridgehead atoms. The molecule has 2 N–H and O–H groups in total. The molecule has 1 aromatic rings. The predicted molar refractivity (Wildman–Crippen MR) is 67.8 cm³/mol. The topological polar surface area (TPSA) is 41.5 Å². The van der Waals surface area contributed by atoms with Crippen LogP contribution < -0.4 is 5.32 Å². The molecule has 1 fully saturated rings. The number of hydrogen-bond donors (Lipinski definition) is 2. The second-order valence-electron chi connectivity index (χ2n) is 4.75. The van der Waals surface area contributed by atoms with Crippen LogP contribution in [0, 0.1) is 11.7 Å². The third-order valence-corrected chi connectivity index (χ3v) is 3.38. The van der Waals surface area contributed by atoms with Crippen LogP contribution in [0.25, 0.3) is 0 Å². The van der Waals surface area contributed by atoms with Crippen molar-refractivity contribution in [3.8, 4) is 0 Å². The first-order chi connectivity index (χ1) is 8.77. The molecular formula is C14H20FNO2. The smallest absolute Gasteiger partial charge is 0.129 e. The molecule has 100 valence electrons. The monoisotopic (exact) mass is 253 g/mol. The molecule has 0 aliphatic carbocycles. The van der Waals surface area contributed by atoms with E-state index < -0.39 is 6.10 Å². The Morgan fingerprint density at radius 1 is 1.33 bits per heavy atom. The van der Waals surface area contributed by atoms with Crippen LogP contribution in [0.15, 0.2) is 24.3 Å². The summed E-state index contributed by atoms with van der Waals surface area (Å²) < 4.78 is 18.7. The number of benzene rings is 1. The highest BCUT2D eigenvalue weighted by Gasteiger charge is 2.15. The van der Waals surface area contributed by atoms with Gasteiger partial charge < -0.3 is 15.2 Å². The summed E-state index contributed by atoms with van der Waals surface area (Å²) in [7, 11) is 0. The molecule has 0 radical (unpaired) electrons. The van der Waals surface area contributed by atoms with E-state index in [4.69, 9.17) is 4.74 Å². The summed E-state index contributed by atoms with van der Waals surface area (Å²) in [5, 5.41) is 13.1. The molecule has 0 aromatic heterocycles. The second kappa shape index (κ2) is 6.83. The lowest BCUT2D eigenvalue weighted by molar-refractivity contribution is 0.0648. The Bertz CT molecular complexity index is 367. The minimum absolute atomic E-state index is 0.349. The Hall–Kier alpha value is -0.970. The number of rotatable bonds is 5. The van der Waals surface area contributed by atoms with E-state index in [1.165, 1.54) is 6.07 Å². The van der Waals surface area contributed by atoms with Crippen LogP contribution in [0.5, 0.6) is 0 Å². The van der Waals surface area contributed by atoms with Gasteiger partial charge in [-0.15, -0.1) is 0 Å². The molecule has 1 aliphatic rings. The van der Waals surface area contributed by atoms with Crippen molar-refractivity contribution in [2.24, 2.45) is 5.92 Å². The van der Waals surface area contributed by atoms with Gasteiger partial charge in [0.2, 0.25) is 0 Å². The molecule has 0 saturated carbocycles. The summed E-state index contributed by atoms with van der Waals surface area (Å²) in [5.41, 5.74) is 0.358. The largest absolute Gasteiger partial charge is 0.387 e. The summed E-state index contributed by atoms with van der Waals surface area (Å²) in [6, 6.07) is 6.36. The summed E-state index contributed by atoms with van der Waals surface area (Å²) in [6.07, 6.45) is 1.33. The number of aliphatic hydroxyl groups excluding tert-OH is 1. The zero-order chi connectivity index (χ0) is 12.8. The highest BCUT2D eigenvalue weighted by atomic mass is 19.1. The van der Waals surface area contributed by atoms with Gasteiger partial charge in [0, 0.05) is 25.3 Å². The van der Waals surface area contributed by atoms with Gasteiger partial charge in [-0.1, -0.05) is 18.2 Å². The summed E-state index contributed by atoms with van der Waals surface area (Å²) in [4.78, 5) is 0. The fourth-order valence-electron chi connectivity index (χ4n) is 2.23. The van der Waals surface area contributed by atoms with Crippen molar-refractivity contribution in [2.45, 2.75) is 18.9 Å². The van der Waals surface area contributed by atoms with Crippen LogP contribution >= 0.6 is 0 Å². The van der Waals surface area contributed by atoms with Crippen LogP contribution in [0.4, 0.5) is 4.39 Å². The summed E-state index contributed by atoms with van der Waals surface area (Å²) in [6.45, 7) is 2.89. The van der Waals surface area contributed by atoms with E-state index in [-0.39, 0.29) is 5.82 Å². The molecule has 0 amide bonds. The second-order valence-corrected chi connectivity index (χ2v) is 4.75. The molecule has 1 aliphatic heterocycles. The van der Waals surface area contributed by atoms with Crippen molar-refractivity contribution in [1.29, 1.82) is 0 Å². The van der Waals surface area contributed by atoms with Crippen LogP contribution in [0.2, 0.25) is 0 Å². The van der Waals surface area contributed by atoms with Crippen molar-refractivity contribution >= 4 is 0 Å². The fraction of sp³-hybridized carbons (Fsp3) is 0.571. The molecule has 1 unspecified atom stereocenters. The highest BCUT2D eigenvalue weighted by Crippen LogP contribution is 2.17. The van der Waals surface area contributed by atoms with Crippen LogP contribution in [-0.2, 0) is 4.74 Å². The van der Waals surface area contributed by atoms with Gasteiger partial charge in [-0.2, -0.15) is 0 Å². The Balaban J connectivity index is 1.74. The zero-order valence-corrected chi connectivity index (χ0v) is 10.4. The van der Waals surface area contributed by atoms with E-state index in [1.54, 1.807) is 18.2 Å². The maximum atomic E-state index is 13.4. The molecule has 0 spiro atoms. The van der Waals surface area contributed by atoms with Crippen LogP contribution in [-0.4, -0.2) is 31.4 Å². The van der Waals surface area contributed by atoms with Gasteiger partial charge in [0.25, 0.3) is 0 Å². The van der Waals surface area contributed by atoms with E-state index in [1.807, 2.05) is 0 Å². The minimum atomic E-state index is -0.786. The van der Waals surface area contributed by atoms with Gasteiger partial charge >= 0.3 is 0 Å². The zero-order valence-electron chi connectivity index (χ0n) is 10.4. The van der Waals surface area contributed by atoms with E-state index in [0.717, 1.165) is 32.6 Å². The number of nitrogens with one attached hydrogen (secondary N) is 1. The average Bonchev–Trinajstić information content (AvgIpc) is 2.40. The molecule has 3 nitrogen and oxygen atoms in total. The Morgan fingerprint density at radius 2 is 2.06 bits per heavy atom. The van der Waals surface area contributed by atoms with Gasteiger partial charge in [-0.3, -0.25) is 0 Å². The van der Waals surface area contributed by atoms with Gasteiger partial charge in [0.15, 0.2) is 0 Å². The quantitative estimate of drug-likeness (QED) is 0.842. The lowest BCUT2D eigenvalue weighted by Crippen LogP contribution is -2.30. The maximum absolute atomic E-state index is 13.4. The van der Waals surface area contributed by atoms with Crippen molar-refractivity contribution in [1.82, 2.24) is 5.32 Å². The first kappa shape index (κ1) is 13.5. The molecule has 2 rings (SSSR count). The number of hydrogen-bond acceptors (Lipinski definition) is 3. The van der Waals surface area contributed by atoms with Crippen LogP contribution in [0.3, 0.4) is 0 Å². The van der Waals surface area contributed by atoms with Gasteiger partial charge in [0.1, 0.15) is 5.82 Å². The highest BCUT2D eigenvalue weighted by molar-refractivity contribution is 5.19. The fourth-order valence-corrected chi connectivity index (χ4v) is 2.23. The van der Waals surface area contributed by atoms with Gasteiger partial charge in [0.05, 0.1) is 6.10 Å². The Labute approximate surface area is 107 Å². The number of ether oxygens (including phenoxy) is 1. The first-order valence-electron chi connectivity index (χ1n) is 6.48. The standard InChI is InChI=1S/C14H20FNO2/c15-13-4-2-1-3-12(13)14(17)10-16-9-11-5-7-18-8-6-11/h1-4,11,14,16-17H,5-10H2. The minimum Gasteiger partial charge on any atom is -0.387 e. The number of halogens is 1. The third kappa shape index (κ3) is 3.77. The lowest BCUT2D eigenvalue weighted by Gasteiger charge is -2.23. The average molecular weight is 253 g/mol. The van der Waals surface area contributed by atoms with E-state index >= 15 is 0 Å². The SMILES string of the molecule is OC(CNCC1CCOCC1)c1ccccc1F. The van der Waals surface area contributed by atoms with Crippen molar-refractivity contribution < 1.29 is 14.2 Å². The molecule has 18 heavy (non-hydrogen) atoms. The van der Waals surface area contributed by atoms with Crippen molar-refractivity contribution in [3.05, 3.63) is 35.6 Å². The number of aliphatic hydroxyl groups is 1. The van der Waals surface area contributed by atoms with Crippen molar-refractivity contribution in [2.75, 3.05) is 26.3 Å². The Kier molecular flexibility index (Phi) is 5.11. The molecule has 1 saturated heterocycles.